The molecule has 2 rings (SSSR count). The Labute approximate surface area is 113 Å². The van der Waals surface area contributed by atoms with Crippen LogP contribution in [0.25, 0.3) is 0 Å². The van der Waals surface area contributed by atoms with E-state index in [2.05, 4.69) is 23.6 Å². The summed E-state index contributed by atoms with van der Waals surface area (Å²) in [7, 11) is 0. The van der Waals surface area contributed by atoms with Crippen molar-refractivity contribution >= 4 is 17.6 Å². The van der Waals surface area contributed by atoms with Crippen LogP contribution in [0.1, 0.15) is 19.4 Å². The van der Waals surface area contributed by atoms with Gasteiger partial charge < -0.3 is 10.2 Å². The van der Waals surface area contributed by atoms with E-state index >= 15 is 0 Å². The van der Waals surface area contributed by atoms with Crippen LogP contribution in [-0.2, 0) is 11.2 Å². The molecule has 0 saturated heterocycles. The molecule has 2 N–H and O–H groups in total. The lowest BCUT2D eigenvalue weighted by molar-refractivity contribution is -0.118. The van der Waals surface area contributed by atoms with Crippen LogP contribution >= 0.6 is 0 Å². The van der Waals surface area contributed by atoms with Crippen LogP contribution in [0.4, 0.5) is 10.5 Å². The lowest BCUT2D eigenvalue weighted by Crippen LogP contribution is -2.45. The van der Waals surface area contributed by atoms with E-state index in [-0.39, 0.29) is 18.5 Å². The van der Waals surface area contributed by atoms with Crippen molar-refractivity contribution in [2.45, 2.75) is 26.3 Å². The molecule has 0 fully saturated rings. The Kier molecular flexibility index (Phi) is 4.04. The predicted molar refractivity (Wildman–Crippen MR) is 74.2 cm³/mol. The summed E-state index contributed by atoms with van der Waals surface area (Å²) >= 11 is 0. The lowest BCUT2D eigenvalue weighted by Gasteiger charge is -2.23. The summed E-state index contributed by atoms with van der Waals surface area (Å²) in [6, 6.07) is 7.89. The number of nitrogens with one attached hydrogen (secondary N) is 2. The molecule has 0 bridgehead atoms. The number of anilines is 1. The molecule has 0 aromatic heterocycles. The molecule has 0 spiro atoms. The molecule has 1 aliphatic rings. The van der Waals surface area contributed by atoms with Crippen LogP contribution in [0.2, 0.25) is 0 Å². The molecule has 0 radical (unpaired) electrons. The minimum absolute atomic E-state index is 0.204. The van der Waals surface area contributed by atoms with Gasteiger partial charge in [-0.15, -0.1) is 0 Å². The maximum absolute atomic E-state index is 11.8. The molecule has 1 atom stereocenters. The monoisotopic (exact) mass is 261 g/mol. The molecule has 5 nitrogen and oxygen atoms in total. The van der Waals surface area contributed by atoms with Crippen molar-refractivity contribution in [2.24, 2.45) is 0 Å². The summed E-state index contributed by atoms with van der Waals surface area (Å²) in [5.74, 6) is -0.283. The highest BCUT2D eigenvalue weighted by atomic mass is 16.2. The lowest BCUT2D eigenvalue weighted by atomic mass is 10.1. The molecule has 19 heavy (non-hydrogen) atoms. The molecule has 1 aromatic rings. The van der Waals surface area contributed by atoms with Crippen molar-refractivity contribution in [1.29, 1.82) is 0 Å². The quantitative estimate of drug-likeness (QED) is 0.861. The number of urea groups is 1. The van der Waals surface area contributed by atoms with Gasteiger partial charge in [-0.25, -0.2) is 4.79 Å². The Morgan fingerprint density at radius 3 is 2.84 bits per heavy atom. The summed E-state index contributed by atoms with van der Waals surface area (Å²) in [5, 5.41) is 4.87. The molecular weight excluding hydrogens is 242 g/mol. The van der Waals surface area contributed by atoms with Gasteiger partial charge in [0, 0.05) is 18.3 Å². The first kappa shape index (κ1) is 13.4. The van der Waals surface area contributed by atoms with E-state index in [9.17, 15) is 9.59 Å². The predicted octanol–water partition coefficient (Wildman–Crippen LogP) is 1.28. The normalized spacial score (nSPS) is 16.9. The van der Waals surface area contributed by atoms with Crippen molar-refractivity contribution in [3.8, 4) is 0 Å². The zero-order chi connectivity index (χ0) is 13.8. The van der Waals surface area contributed by atoms with E-state index in [4.69, 9.17) is 0 Å². The van der Waals surface area contributed by atoms with E-state index in [0.717, 1.165) is 12.1 Å². The maximum atomic E-state index is 11.8. The summed E-state index contributed by atoms with van der Waals surface area (Å²) in [6.45, 7) is 4.60. The number of nitrogens with zero attached hydrogens (tertiary/aromatic N) is 1. The average molecular weight is 261 g/mol. The molecule has 5 heteroatoms. The first-order valence-electron chi connectivity index (χ1n) is 6.54. The van der Waals surface area contributed by atoms with Crippen LogP contribution < -0.4 is 15.5 Å². The standard InChI is InChI=1S/C14H19N3O2/c1-3-15-14(19)16-13(18)9-17-10(2)8-11-6-4-5-7-12(11)17/h4-7,10H,3,8-9H2,1-2H3,(H2,15,16,18,19)/t10-/m1/s1. The van der Waals surface area contributed by atoms with Crippen molar-refractivity contribution in [1.82, 2.24) is 10.6 Å². The second-order valence-electron chi connectivity index (χ2n) is 4.72. The van der Waals surface area contributed by atoms with Gasteiger partial charge in [0.2, 0.25) is 5.91 Å². The number of benzene rings is 1. The van der Waals surface area contributed by atoms with E-state index in [1.807, 2.05) is 30.0 Å². The van der Waals surface area contributed by atoms with Crippen LogP contribution in [0.5, 0.6) is 0 Å². The van der Waals surface area contributed by atoms with Crippen molar-refractivity contribution in [3.05, 3.63) is 29.8 Å². The maximum Gasteiger partial charge on any atom is 0.321 e. The van der Waals surface area contributed by atoms with Crippen molar-refractivity contribution in [3.63, 3.8) is 0 Å². The van der Waals surface area contributed by atoms with Crippen molar-refractivity contribution in [2.75, 3.05) is 18.0 Å². The third kappa shape index (κ3) is 3.05. The molecule has 102 valence electrons. The molecule has 0 unspecified atom stereocenters. The second-order valence-corrected chi connectivity index (χ2v) is 4.72. The summed E-state index contributed by atoms with van der Waals surface area (Å²) in [5.41, 5.74) is 2.34. The summed E-state index contributed by atoms with van der Waals surface area (Å²) in [4.78, 5) is 25.2. The topological polar surface area (TPSA) is 61.4 Å². The first-order valence-corrected chi connectivity index (χ1v) is 6.54. The number of carbonyl (C=O) groups excluding carboxylic acids is 2. The zero-order valence-electron chi connectivity index (χ0n) is 11.3. The smallest absolute Gasteiger partial charge is 0.321 e. The van der Waals surface area contributed by atoms with E-state index in [0.29, 0.717) is 6.54 Å². The number of hydrogen-bond acceptors (Lipinski definition) is 3. The van der Waals surface area contributed by atoms with E-state index in [1.165, 1.54) is 5.56 Å². The number of hydrogen-bond donors (Lipinski definition) is 2. The van der Waals surface area contributed by atoms with Gasteiger partial charge in [-0.2, -0.15) is 0 Å². The minimum atomic E-state index is -0.437. The Balaban J connectivity index is 1.99. The Morgan fingerprint density at radius 2 is 2.11 bits per heavy atom. The molecule has 3 amide bonds. The van der Waals surface area contributed by atoms with Gasteiger partial charge in [-0.3, -0.25) is 10.1 Å². The number of para-hydroxylation sites is 1. The summed E-state index contributed by atoms with van der Waals surface area (Å²) < 4.78 is 0. The SMILES string of the molecule is CCNC(=O)NC(=O)CN1c2ccccc2C[C@H]1C. The third-order valence-corrected chi connectivity index (χ3v) is 3.25. The number of rotatable bonds is 3. The fraction of sp³-hybridized carbons (Fsp3) is 0.429. The zero-order valence-corrected chi connectivity index (χ0v) is 11.3. The first-order chi connectivity index (χ1) is 9.11. The number of amides is 3. The van der Waals surface area contributed by atoms with Crippen molar-refractivity contribution < 1.29 is 9.59 Å². The molecule has 1 heterocycles. The second kappa shape index (κ2) is 5.73. The van der Waals surface area contributed by atoms with Gasteiger partial charge in [-0.1, -0.05) is 18.2 Å². The highest BCUT2D eigenvalue weighted by Gasteiger charge is 2.27. The average Bonchev–Trinajstić information content (AvgIpc) is 2.66. The summed E-state index contributed by atoms with van der Waals surface area (Å²) in [6.07, 6.45) is 0.935. The van der Waals surface area contributed by atoms with Gasteiger partial charge in [0.05, 0.1) is 6.54 Å². The van der Waals surface area contributed by atoms with Gasteiger partial charge >= 0.3 is 6.03 Å². The van der Waals surface area contributed by atoms with Crippen LogP contribution in [0.3, 0.4) is 0 Å². The van der Waals surface area contributed by atoms with Gasteiger partial charge in [-0.05, 0) is 31.9 Å². The molecule has 0 aliphatic carbocycles. The number of fused-ring (bicyclic) bond motifs is 1. The van der Waals surface area contributed by atoms with Gasteiger partial charge in [0.1, 0.15) is 0 Å². The molecular formula is C14H19N3O2. The minimum Gasteiger partial charge on any atom is -0.359 e. The highest BCUT2D eigenvalue weighted by Crippen LogP contribution is 2.31. The number of imide groups is 1. The molecule has 1 aromatic carbocycles. The Morgan fingerprint density at radius 1 is 1.37 bits per heavy atom. The van der Waals surface area contributed by atoms with Gasteiger partial charge in [0.15, 0.2) is 0 Å². The molecule has 1 aliphatic heterocycles. The van der Waals surface area contributed by atoms with Crippen LogP contribution in [0.15, 0.2) is 24.3 Å². The third-order valence-electron chi connectivity index (χ3n) is 3.25. The fourth-order valence-electron chi connectivity index (χ4n) is 2.40. The van der Waals surface area contributed by atoms with E-state index in [1.54, 1.807) is 0 Å². The van der Waals surface area contributed by atoms with Crippen LogP contribution in [-0.4, -0.2) is 31.1 Å². The Hall–Kier alpha value is -2.04. The van der Waals surface area contributed by atoms with Gasteiger partial charge in [0.25, 0.3) is 0 Å². The number of carbonyl (C=O) groups is 2. The highest BCUT2D eigenvalue weighted by molar-refractivity contribution is 5.96. The van der Waals surface area contributed by atoms with E-state index < -0.39 is 6.03 Å². The Bertz CT molecular complexity index is 487. The largest absolute Gasteiger partial charge is 0.359 e. The molecule has 0 saturated carbocycles. The fourth-order valence-corrected chi connectivity index (χ4v) is 2.40. The van der Waals surface area contributed by atoms with Crippen LogP contribution in [0, 0.1) is 0 Å².